The molecule has 0 saturated heterocycles. The van der Waals surface area contributed by atoms with Crippen molar-refractivity contribution in [3.8, 4) is 5.88 Å². The Bertz CT molecular complexity index is 331. The maximum Gasteiger partial charge on any atom is 0.282 e. The Morgan fingerprint density at radius 2 is 2.21 bits per heavy atom. The zero-order chi connectivity index (χ0) is 10.7. The first-order valence-corrected chi connectivity index (χ1v) is 3.91. The van der Waals surface area contributed by atoms with E-state index in [1.807, 2.05) is 0 Å². The maximum atomic E-state index is 12.4. The van der Waals surface area contributed by atoms with E-state index < -0.39 is 12.1 Å². The van der Waals surface area contributed by atoms with Gasteiger partial charge in [-0.05, 0) is 6.07 Å². The highest BCUT2D eigenvalue weighted by atomic mass is 19.3. The first-order valence-electron chi connectivity index (χ1n) is 3.91. The molecular formula is C8H11F2N3O. The van der Waals surface area contributed by atoms with Crippen molar-refractivity contribution in [2.24, 2.45) is 5.73 Å². The molecule has 0 saturated carbocycles. The van der Waals surface area contributed by atoms with Gasteiger partial charge in [0.2, 0.25) is 5.88 Å². The Hall–Kier alpha value is -1.43. The molecule has 4 N–H and O–H groups in total. The Labute approximate surface area is 79.9 Å². The molecule has 0 radical (unpaired) electrons. The fourth-order valence-electron chi connectivity index (χ4n) is 1.07. The van der Waals surface area contributed by atoms with E-state index in [4.69, 9.17) is 16.2 Å². The number of halogens is 2. The number of ether oxygens (including phenoxy) is 1. The van der Waals surface area contributed by atoms with E-state index in [9.17, 15) is 8.78 Å². The summed E-state index contributed by atoms with van der Waals surface area (Å²) in [5.41, 5.74) is 10.7. The lowest BCUT2D eigenvalue weighted by atomic mass is 10.2. The summed E-state index contributed by atoms with van der Waals surface area (Å²) >= 11 is 0. The van der Waals surface area contributed by atoms with Crippen LogP contribution in [0.1, 0.15) is 17.7 Å². The van der Waals surface area contributed by atoms with Crippen LogP contribution in [0.4, 0.5) is 14.5 Å². The summed E-state index contributed by atoms with van der Waals surface area (Å²) in [4.78, 5) is 3.58. The first kappa shape index (κ1) is 10.6. The number of rotatable bonds is 3. The number of nitrogens with zero attached hydrogens (tertiary/aromatic N) is 1. The Kier molecular flexibility index (Phi) is 3.19. The molecule has 0 fully saturated rings. The molecule has 4 nitrogen and oxygen atoms in total. The molecule has 0 aliphatic heterocycles. The van der Waals surface area contributed by atoms with Crippen molar-refractivity contribution in [2.45, 2.75) is 13.0 Å². The number of anilines is 1. The molecule has 0 bridgehead atoms. The van der Waals surface area contributed by atoms with Gasteiger partial charge >= 0.3 is 0 Å². The molecule has 78 valence electrons. The lowest BCUT2D eigenvalue weighted by Crippen LogP contribution is -2.07. The highest BCUT2D eigenvalue weighted by molar-refractivity contribution is 5.49. The van der Waals surface area contributed by atoms with Crippen LogP contribution in [0.3, 0.4) is 0 Å². The average Bonchev–Trinajstić information content (AvgIpc) is 2.16. The predicted octanol–water partition coefficient (Wildman–Crippen LogP) is 1.07. The molecule has 0 aliphatic rings. The number of alkyl halides is 2. The van der Waals surface area contributed by atoms with Crippen LogP contribution in [-0.4, -0.2) is 12.1 Å². The summed E-state index contributed by atoms with van der Waals surface area (Å²) < 4.78 is 29.5. The third-order valence-electron chi connectivity index (χ3n) is 1.74. The van der Waals surface area contributed by atoms with E-state index in [0.717, 1.165) is 0 Å². The first-order chi connectivity index (χ1) is 6.60. The summed E-state index contributed by atoms with van der Waals surface area (Å²) in [7, 11) is 1.34. The minimum atomic E-state index is -2.71. The fraction of sp³-hybridized carbons (Fsp3) is 0.375. The van der Waals surface area contributed by atoms with E-state index in [1.165, 1.54) is 13.2 Å². The number of nitrogens with two attached hydrogens (primary N) is 2. The Morgan fingerprint density at radius 1 is 1.57 bits per heavy atom. The maximum absolute atomic E-state index is 12.4. The average molecular weight is 203 g/mol. The molecule has 14 heavy (non-hydrogen) atoms. The van der Waals surface area contributed by atoms with Gasteiger partial charge in [-0.15, -0.1) is 0 Å². The van der Waals surface area contributed by atoms with Gasteiger partial charge in [0, 0.05) is 12.1 Å². The molecule has 1 aromatic rings. The minimum Gasteiger partial charge on any atom is -0.481 e. The number of hydrogen-bond acceptors (Lipinski definition) is 4. The van der Waals surface area contributed by atoms with E-state index in [1.54, 1.807) is 0 Å². The molecule has 0 atom stereocenters. The standard InChI is InChI=1S/C8H11F2N3O/c1-14-8-4(3-11)2-5(12)6(13-8)7(9)10/h2,7H,3,11-12H2,1H3. The van der Waals surface area contributed by atoms with Crippen molar-refractivity contribution in [1.82, 2.24) is 4.98 Å². The summed E-state index contributed by atoms with van der Waals surface area (Å²) in [5.74, 6) is 0.0944. The van der Waals surface area contributed by atoms with Crippen LogP contribution in [0.15, 0.2) is 6.07 Å². The van der Waals surface area contributed by atoms with Crippen LogP contribution >= 0.6 is 0 Å². The number of aromatic nitrogens is 1. The predicted molar refractivity (Wildman–Crippen MR) is 48.0 cm³/mol. The van der Waals surface area contributed by atoms with Gasteiger partial charge in [-0.2, -0.15) is 0 Å². The molecule has 0 aromatic carbocycles. The number of pyridine rings is 1. The van der Waals surface area contributed by atoms with Gasteiger partial charge in [0.25, 0.3) is 6.43 Å². The van der Waals surface area contributed by atoms with Gasteiger partial charge in [-0.25, -0.2) is 13.8 Å². The zero-order valence-electron chi connectivity index (χ0n) is 7.63. The molecule has 6 heteroatoms. The fourth-order valence-corrected chi connectivity index (χ4v) is 1.07. The van der Waals surface area contributed by atoms with E-state index in [0.29, 0.717) is 5.56 Å². The second-order valence-electron chi connectivity index (χ2n) is 2.64. The van der Waals surface area contributed by atoms with Crippen molar-refractivity contribution in [3.05, 3.63) is 17.3 Å². The molecule has 0 amide bonds. The molecule has 1 heterocycles. The summed E-state index contributed by atoms with van der Waals surface area (Å²) in [5, 5.41) is 0. The third-order valence-corrected chi connectivity index (χ3v) is 1.74. The monoisotopic (exact) mass is 203 g/mol. The minimum absolute atomic E-state index is 0.0683. The third kappa shape index (κ3) is 1.90. The van der Waals surface area contributed by atoms with Gasteiger partial charge in [-0.1, -0.05) is 0 Å². The van der Waals surface area contributed by atoms with Crippen LogP contribution < -0.4 is 16.2 Å². The van der Waals surface area contributed by atoms with Crippen molar-refractivity contribution in [1.29, 1.82) is 0 Å². The number of methoxy groups -OCH3 is 1. The lowest BCUT2D eigenvalue weighted by molar-refractivity contribution is 0.146. The van der Waals surface area contributed by atoms with Crippen molar-refractivity contribution < 1.29 is 13.5 Å². The van der Waals surface area contributed by atoms with Crippen molar-refractivity contribution in [3.63, 3.8) is 0 Å². The van der Waals surface area contributed by atoms with Crippen molar-refractivity contribution in [2.75, 3.05) is 12.8 Å². The smallest absolute Gasteiger partial charge is 0.282 e. The summed E-state index contributed by atoms with van der Waals surface area (Å²) in [6, 6.07) is 1.35. The highest BCUT2D eigenvalue weighted by Gasteiger charge is 2.16. The number of hydrogen-bond donors (Lipinski definition) is 2. The van der Waals surface area contributed by atoms with Crippen LogP contribution in [0.25, 0.3) is 0 Å². The van der Waals surface area contributed by atoms with Gasteiger partial charge in [0.1, 0.15) is 5.69 Å². The van der Waals surface area contributed by atoms with E-state index in [2.05, 4.69) is 4.98 Å². The second kappa shape index (κ2) is 4.19. The molecule has 0 unspecified atom stereocenters. The molecule has 1 rings (SSSR count). The SMILES string of the molecule is COc1nc(C(F)F)c(N)cc1CN. The van der Waals surface area contributed by atoms with Crippen LogP contribution in [0.2, 0.25) is 0 Å². The Balaban J connectivity index is 3.23. The normalized spacial score (nSPS) is 10.6. The van der Waals surface area contributed by atoms with E-state index in [-0.39, 0.29) is 18.1 Å². The largest absolute Gasteiger partial charge is 0.481 e. The molecule has 0 aliphatic carbocycles. The van der Waals surface area contributed by atoms with E-state index >= 15 is 0 Å². The van der Waals surface area contributed by atoms with Crippen LogP contribution in [0, 0.1) is 0 Å². The Morgan fingerprint density at radius 3 is 2.64 bits per heavy atom. The van der Waals surface area contributed by atoms with Gasteiger partial charge in [0.15, 0.2) is 0 Å². The zero-order valence-corrected chi connectivity index (χ0v) is 7.63. The molecule has 1 aromatic heterocycles. The number of nitrogen functional groups attached to an aromatic ring is 1. The summed E-state index contributed by atoms with van der Waals surface area (Å²) in [6.45, 7) is 0.143. The van der Waals surface area contributed by atoms with Crippen molar-refractivity contribution >= 4 is 5.69 Å². The van der Waals surface area contributed by atoms with Gasteiger partial charge < -0.3 is 16.2 Å². The highest BCUT2D eigenvalue weighted by Crippen LogP contribution is 2.27. The molecule has 0 spiro atoms. The topological polar surface area (TPSA) is 74.2 Å². The van der Waals surface area contributed by atoms with Gasteiger partial charge in [0.05, 0.1) is 12.8 Å². The van der Waals surface area contributed by atoms with Crippen LogP contribution in [0.5, 0.6) is 5.88 Å². The van der Waals surface area contributed by atoms with Crippen LogP contribution in [-0.2, 0) is 6.54 Å². The second-order valence-corrected chi connectivity index (χ2v) is 2.64. The van der Waals surface area contributed by atoms with Gasteiger partial charge in [-0.3, -0.25) is 0 Å². The summed E-state index contributed by atoms with van der Waals surface area (Å²) in [6.07, 6.45) is -2.71. The lowest BCUT2D eigenvalue weighted by Gasteiger charge is -2.10. The molecular weight excluding hydrogens is 192 g/mol. The quantitative estimate of drug-likeness (QED) is 0.770.